The Kier molecular flexibility index (Phi) is 20.6. The fourth-order valence-corrected chi connectivity index (χ4v) is 4.62. The molecule has 1 amide bonds. The zero-order valence-electron chi connectivity index (χ0n) is 24.1. The van der Waals surface area contributed by atoms with Crippen molar-refractivity contribution in [3.8, 4) is 0 Å². The van der Waals surface area contributed by atoms with Gasteiger partial charge in [-0.25, -0.2) is 9.59 Å². The van der Waals surface area contributed by atoms with Crippen molar-refractivity contribution >= 4 is 12.1 Å². The van der Waals surface area contributed by atoms with E-state index in [0.29, 0.717) is 18.9 Å². The van der Waals surface area contributed by atoms with Crippen LogP contribution in [0.4, 0.5) is 4.79 Å². The van der Waals surface area contributed by atoms with Crippen LogP contribution in [0.15, 0.2) is 30.3 Å². The number of hydrogen-bond donors (Lipinski definition) is 1. The molecular weight excluding hydrogens is 462 g/mol. The van der Waals surface area contributed by atoms with Crippen LogP contribution in [0.25, 0.3) is 0 Å². The first kappa shape index (κ1) is 33.0. The van der Waals surface area contributed by atoms with Gasteiger partial charge in [-0.1, -0.05) is 141 Å². The van der Waals surface area contributed by atoms with E-state index in [-0.39, 0.29) is 12.6 Å². The number of rotatable bonds is 23. The number of carbonyl (C=O) groups is 2. The van der Waals surface area contributed by atoms with Gasteiger partial charge in [0.1, 0.15) is 12.6 Å². The van der Waals surface area contributed by atoms with Gasteiger partial charge in [-0.15, -0.1) is 0 Å². The van der Waals surface area contributed by atoms with Crippen LogP contribution in [0.2, 0.25) is 0 Å². The number of unbranched alkanes of at least 4 members (excludes halogenated alkanes) is 11. The van der Waals surface area contributed by atoms with Gasteiger partial charge in [-0.2, -0.15) is 0 Å². The van der Waals surface area contributed by atoms with Gasteiger partial charge in [0.15, 0.2) is 0 Å². The summed E-state index contributed by atoms with van der Waals surface area (Å²) in [5.74, 6) is 0.0763. The third kappa shape index (κ3) is 18.0. The van der Waals surface area contributed by atoms with Crippen molar-refractivity contribution in [1.29, 1.82) is 0 Å². The first-order valence-electron chi connectivity index (χ1n) is 15.2. The van der Waals surface area contributed by atoms with Gasteiger partial charge in [0.2, 0.25) is 0 Å². The highest BCUT2D eigenvalue weighted by atomic mass is 16.6. The molecule has 1 aromatic carbocycles. The van der Waals surface area contributed by atoms with Crippen molar-refractivity contribution < 1.29 is 19.1 Å². The maximum atomic E-state index is 13.1. The molecule has 0 aliphatic rings. The van der Waals surface area contributed by atoms with E-state index in [0.717, 1.165) is 44.1 Å². The molecule has 5 nitrogen and oxygen atoms in total. The SMILES string of the molecule is CCCCCCCCC(CCCCCC)COC(=O)C(CCCCCC)NC(=O)OCc1ccccc1. The maximum absolute atomic E-state index is 13.1. The molecule has 0 heterocycles. The van der Waals surface area contributed by atoms with E-state index in [1.54, 1.807) is 0 Å². The van der Waals surface area contributed by atoms with Crippen LogP contribution in [0.5, 0.6) is 0 Å². The summed E-state index contributed by atoms with van der Waals surface area (Å²) in [4.78, 5) is 25.5. The minimum absolute atomic E-state index is 0.183. The number of hydrogen-bond acceptors (Lipinski definition) is 4. The highest BCUT2D eigenvalue weighted by Gasteiger charge is 2.24. The number of nitrogens with one attached hydrogen (secondary N) is 1. The highest BCUT2D eigenvalue weighted by Crippen LogP contribution is 2.20. The van der Waals surface area contributed by atoms with E-state index >= 15 is 0 Å². The molecule has 2 atom stereocenters. The Hall–Kier alpha value is -2.04. The summed E-state index contributed by atoms with van der Waals surface area (Å²) >= 11 is 0. The molecule has 0 saturated heterocycles. The van der Waals surface area contributed by atoms with Gasteiger partial charge in [-0.3, -0.25) is 0 Å². The zero-order valence-corrected chi connectivity index (χ0v) is 24.1. The average molecular weight is 518 g/mol. The molecule has 212 valence electrons. The minimum Gasteiger partial charge on any atom is -0.464 e. The Balaban J connectivity index is 2.59. The van der Waals surface area contributed by atoms with Crippen molar-refractivity contribution in [3.05, 3.63) is 35.9 Å². The molecule has 0 aliphatic heterocycles. The zero-order chi connectivity index (χ0) is 27.0. The van der Waals surface area contributed by atoms with Crippen molar-refractivity contribution in [2.75, 3.05) is 6.61 Å². The van der Waals surface area contributed by atoms with Gasteiger partial charge in [0, 0.05) is 0 Å². The summed E-state index contributed by atoms with van der Waals surface area (Å²) in [7, 11) is 0. The summed E-state index contributed by atoms with van der Waals surface area (Å²) in [6, 6.07) is 8.91. The number of alkyl carbamates (subject to hydrolysis) is 1. The molecule has 1 rings (SSSR count). The number of ether oxygens (including phenoxy) is 2. The van der Waals surface area contributed by atoms with Crippen LogP contribution in [0, 0.1) is 5.92 Å². The van der Waals surface area contributed by atoms with Crippen molar-refractivity contribution in [2.24, 2.45) is 5.92 Å². The van der Waals surface area contributed by atoms with Crippen LogP contribution in [0.1, 0.15) is 135 Å². The molecule has 0 aromatic heterocycles. The lowest BCUT2D eigenvalue weighted by Gasteiger charge is -2.21. The van der Waals surface area contributed by atoms with E-state index in [1.165, 1.54) is 64.2 Å². The van der Waals surface area contributed by atoms with E-state index in [1.807, 2.05) is 30.3 Å². The van der Waals surface area contributed by atoms with Crippen molar-refractivity contribution in [1.82, 2.24) is 5.32 Å². The average Bonchev–Trinajstić information content (AvgIpc) is 2.92. The van der Waals surface area contributed by atoms with Gasteiger partial charge >= 0.3 is 12.1 Å². The largest absolute Gasteiger partial charge is 0.464 e. The van der Waals surface area contributed by atoms with E-state index < -0.39 is 12.1 Å². The normalized spacial score (nSPS) is 12.6. The summed E-state index contributed by atoms with van der Waals surface area (Å²) in [6.45, 7) is 7.27. The third-order valence-corrected chi connectivity index (χ3v) is 7.03. The second kappa shape index (κ2) is 23.1. The van der Waals surface area contributed by atoms with E-state index in [2.05, 4.69) is 26.1 Å². The number of carbonyl (C=O) groups excluding carboxylic acids is 2. The van der Waals surface area contributed by atoms with Crippen LogP contribution < -0.4 is 5.32 Å². The monoisotopic (exact) mass is 517 g/mol. The van der Waals surface area contributed by atoms with Crippen LogP contribution in [-0.4, -0.2) is 24.7 Å². The smallest absolute Gasteiger partial charge is 0.408 e. The summed E-state index contributed by atoms with van der Waals surface area (Å²) in [6.07, 6.45) is 19.0. The molecule has 0 radical (unpaired) electrons. The van der Waals surface area contributed by atoms with Crippen molar-refractivity contribution in [2.45, 2.75) is 143 Å². The van der Waals surface area contributed by atoms with Gasteiger partial charge in [-0.05, 0) is 30.7 Å². The first-order chi connectivity index (χ1) is 18.1. The van der Waals surface area contributed by atoms with Gasteiger partial charge < -0.3 is 14.8 Å². The Morgan fingerprint density at radius 2 is 1.19 bits per heavy atom. The Morgan fingerprint density at radius 1 is 0.676 bits per heavy atom. The molecule has 0 saturated carbocycles. The minimum atomic E-state index is -0.657. The molecule has 1 aromatic rings. The Bertz CT molecular complexity index is 679. The standard InChI is InChI=1S/C32H55NO4/c1-4-7-10-13-14-17-22-28(21-16-11-8-5-2)26-36-31(34)30(25-20-12-9-6-3)33-32(35)37-27-29-23-18-15-19-24-29/h15,18-19,23-24,28,30H,4-14,16-17,20-22,25-27H2,1-3H3,(H,33,35). The Morgan fingerprint density at radius 3 is 1.78 bits per heavy atom. The Labute approximate surface area is 227 Å². The molecule has 2 unspecified atom stereocenters. The summed E-state index contributed by atoms with van der Waals surface area (Å²) in [5, 5.41) is 2.78. The fourth-order valence-electron chi connectivity index (χ4n) is 4.62. The number of amides is 1. The van der Waals surface area contributed by atoms with Crippen LogP contribution >= 0.6 is 0 Å². The van der Waals surface area contributed by atoms with E-state index in [9.17, 15) is 9.59 Å². The summed E-state index contributed by atoms with van der Waals surface area (Å²) in [5.41, 5.74) is 0.917. The quantitative estimate of drug-likeness (QED) is 0.116. The lowest BCUT2D eigenvalue weighted by atomic mass is 9.95. The lowest BCUT2D eigenvalue weighted by molar-refractivity contribution is -0.147. The molecule has 0 bridgehead atoms. The second-order valence-electron chi connectivity index (χ2n) is 10.5. The number of benzene rings is 1. The molecule has 37 heavy (non-hydrogen) atoms. The predicted octanol–water partition coefficient (Wildman–Crippen LogP) is 9.13. The highest BCUT2D eigenvalue weighted by molar-refractivity contribution is 5.81. The van der Waals surface area contributed by atoms with Gasteiger partial charge in [0.05, 0.1) is 6.61 Å². The molecule has 0 spiro atoms. The van der Waals surface area contributed by atoms with E-state index in [4.69, 9.17) is 9.47 Å². The second-order valence-corrected chi connectivity index (χ2v) is 10.5. The molecular formula is C32H55NO4. The third-order valence-electron chi connectivity index (χ3n) is 7.03. The topological polar surface area (TPSA) is 64.6 Å². The summed E-state index contributed by atoms with van der Waals surface area (Å²) < 4.78 is 11.2. The fraction of sp³-hybridized carbons (Fsp3) is 0.750. The number of esters is 1. The van der Waals surface area contributed by atoms with Crippen LogP contribution in [0.3, 0.4) is 0 Å². The van der Waals surface area contributed by atoms with Gasteiger partial charge in [0.25, 0.3) is 0 Å². The predicted molar refractivity (Wildman–Crippen MR) is 154 cm³/mol. The van der Waals surface area contributed by atoms with Crippen molar-refractivity contribution in [3.63, 3.8) is 0 Å². The molecule has 5 heteroatoms. The van der Waals surface area contributed by atoms with Crippen LogP contribution in [-0.2, 0) is 20.9 Å². The molecule has 0 fully saturated rings. The first-order valence-corrected chi connectivity index (χ1v) is 15.2. The lowest BCUT2D eigenvalue weighted by Crippen LogP contribution is -2.42. The molecule has 0 aliphatic carbocycles. The molecule has 1 N–H and O–H groups in total. The maximum Gasteiger partial charge on any atom is 0.408 e.